The van der Waals surface area contributed by atoms with E-state index < -0.39 is 148 Å². The van der Waals surface area contributed by atoms with E-state index in [1.165, 1.54) is 117 Å². The maximum atomic E-state index is 13.7. The monoisotopic (exact) mass is 2210 g/mol. The van der Waals surface area contributed by atoms with Gasteiger partial charge in [-0.15, -0.1) is 0 Å². The molecule has 0 heterocycles. The summed E-state index contributed by atoms with van der Waals surface area (Å²) in [5.41, 5.74) is 1.70. The van der Waals surface area contributed by atoms with E-state index in [1.54, 1.807) is 13.0 Å². The first-order valence-corrected chi connectivity index (χ1v) is 46.5. The van der Waals surface area contributed by atoms with Crippen LogP contribution >= 0.6 is 88.3 Å². The number of alkyl halides is 3. The highest BCUT2D eigenvalue weighted by atomic mass is 79.9. The molecule has 2 aliphatic carbocycles. The van der Waals surface area contributed by atoms with E-state index in [1.807, 2.05) is 6.07 Å². The van der Waals surface area contributed by atoms with Crippen LogP contribution in [0.2, 0.25) is 5.04 Å². The molecule has 2 fully saturated rings. The van der Waals surface area contributed by atoms with Crippen molar-refractivity contribution in [2.45, 2.75) is 180 Å². The number of methoxy groups -OCH3 is 3. The normalized spacial score (nSPS) is 14.4. The predicted octanol–water partition coefficient (Wildman–Crippen LogP) is 23.2. The van der Waals surface area contributed by atoms with Crippen LogP contribution in [-0.2, 0) is 84.6 Å². The number of carboxylic acid groups (broad SMARTS) is 2. The number of nitrogens with zero attached hydrogens (tertiary/aromatic N) is 1. The molecule has 0 radical (unpaired) electrons. The van der Waals surface area contributed by atoms with E-state index in [0.29, 0.717) is 57.1 Å². The molecule has 4 N–H and O–H groups in total. The van der Waals surface area contributed by atoms with Crippen molar-refractivity contribution in [3.8, 4) is 6.07 Å². The number of benzene rings is 10. The first-order chi connectivity index (χ1) is 63.4. The molecule has 1 unspecified atom stereocenters. The number of hydrogen-bond donors (Lipinski definition) is 4. The highest BCUT2D eigenvalue weighted by Crippen LogP contribution is 2.46. The summed E-state index contributed by atoms with van der Waals surface area (Å²) < 4.78 is 227. The standard InChI is InChI=1S/C20H26Br2OSi.C14H16F2O3.C14H14F2O3.C10H10F2O2.C9H7F2N.C9H8F2O2.C8H7BrF2.C8H6F2O2.C8H8F2O.3H2S/c1-20(2,3)24(18-10-6-4-7-11-18,19-12-8-5-9-13-19)23-17(16-22)14-15-21;2*1-8-10(3-4-11(15)12(8)16)14(13(18)19-2)6-5-9(17)7-14;1-6-7(5-9(13)14-2)3-4-8(11)10(6)12;1-6-7(4-5-12)2-3-8(10)9(6)11;1-5-6(4-8(12)13)2-3-7(10)9(5)11;1-5-6(4-9)2-3-7(10)8(5)11;1-4-5(8(11)12)2-3-6(9)7(4)10;1-5-6(4-11)2-3-7(9)8(5)10;;;/h4-13,17H,14-16H2,1-3H3;3-4,9,17H,5-7H2,1-2H3;3-4H,5-7H2,1-2H3;3-4H,5H2,1-2H3;2-3H,4H2,1H3;2-3H,4H2,1H3,(H,12,13);2-3H,4H2,1H3;2-3H,1H3,(H,11,12);2-3,11H,4H2,1H3;3*1H2/t17-;9-,14?;14-;;;;;;;;;/m000........./s1. The van der Waals surface area contributed by atoms with E-state index in [-0.39, 0.29) is 153 Å². The zero-order valence-corrected chi connectivity index (χ0v) is 86.3. The molecule has 15 nitrogen and oxygen atoms in total. The van der Waals surface area contributed by atoms with Crippen molar-refractivity contribution in [2.75, 3.05) is 32.0 Å². The van der Waals surface area contributed by atoms with Gasteiger partial charge in [0.1, 0.15) is 11.2 Å². The summed E-state index contributed by atoms with van der Waals surface area (Å²) in [6, 6.07) is 42.2. The van der Waals surface area contributed by atoms with Crippen molar-refractivity contribution in [2.24, 2.45) is 0 Å². The van der Waals surface area contributed by atoms with Crippen molar-refractivity contribution in [1.29, 1.82) is 5.26 Å². The first-order valence-electron chi connectivity index (χ1n) is 41.3. The van der Waals surface area contributed by atoms with Crippen LogP contribution in [0.25, 0.3) is 0 Å². The van der Waals surface area contributed by atoms with Crippen LogP contribution in [-0.4, -0.2) is 109 Å². The van der Waals surface area contributed by atoms with Crippen molar-refractivity contribution in [3.05, 3.63) is 340 Å². The Balaban J connectivity index is 0.000000784. The van der Waals surface area contributed by atoms with Crippen LogP contribution in [0, 0.1) is 160 Å². The minimum atomic E-state index is -2.42. The fourth-order valence-corrected chi connectivity index (χ4v) is 21.1. The Morgan fingerprint density at radius 3 is 1.15 bits per heavy atom. The summed E-state index contributed by atoms with van der Waals surface area (Å²) in [4.78, 5) is 67.2. The van der Waals surface area contributed by atoms with E-state index in [0.717, 1.165) is 77.2 Å². The van der Waals surface area contributed by atoms with E-state index in [2.05, 4.69) is 134 Å². The number of halogens is 19. The van der Waals surface area contributed by atoms with Gasteiger partial charge < -0.3 is 39.1 Å². The first kappa shape index (κ1) is 126. The molecule has 0 spiro atoms. The number of nitriles is 1. The number of rotatable bonds is 19. The Labute approximate surface area is 838 Å². The third-order valence-electron chi connectivity index (χ3n) is 22.4. The number of carbonyl (C=O) groups is 6. The molecule has 10 aromatic rings. The Morgan fingerprint density at radius 1 is 0.464 bits per heavy atom. The second-order valence-electron chi connectivity index (χ2n) is 31.9. The largest absolute Gasteiger partial charge is 0.481 e. The summed E-state index contributed by atoms with van der Waals surface area (Å²) in [5, 5.41) is 48.7. The van der Waals surface area contributed by atoms with Gasteiger partial charge in [0.25, 0.3) is 8.32 Å². The van der Waals surface area contributed by atoms with Crippen LogP contribution < -0.4 is 10.4 Å². The summed E-state index contributed by atoms with van der Waals surface area (Å²) in [5.74, 6) is -18.7. The third-order valence-corrected chi connectivity index (χ3v) is 29.2. The second kappa shape index (κ2) is 59.0. The number of esters is 3. The lowest BCUT2D eigenvalue weighted by molar-refractivity contribution is -0.148. The van der Waals surface area contributed by atoms with Crippen LogP contribution in [0.3, 0.4) is 0 Å². The number of carboxylic acids is 2. The van der Waals surface area contributed by atoms with Crippen molar-refractivity contribution in [1.82, 2.24) is 0 Å². The van der Waals surface area contributed by atoms with Gasteiger partial charge in [0.05, 0.1) is 76.5 Å². The smallest absolute Gasteiger partial charge is 0.336 e. The summed E-state index contributed by atoms with van der Waals surface area (Å²) in [7, 11) is 1.30. The predicted molar refractivity (Wildman–Crippen MR) is 523 cm³/mol. The number of aliphatic carboxylic acids is 1. The number of ketones is 1. The quantitative estimate of drug-likeness (QED) is 0.0193. The summed E-state index contributed by atoms with van der Waals surface area (Å²) in [6.07, 6.45) is 1.80. The highest BCUT2D eigenvalue weighted by molar-refractivity contribution is 9.09. The van der Waals surface area contributed by atoms with Crippen molar-refractivity contribution in [3.63, 3.8) is 0 Å². The second-order valence-corrected chi connectivity index (χ2v) is 38.1. The molecule has 0 aromatic heterocycles. The number of aliphatic hydroxyl groups is 2. The average molecular weight is 2220 g/mol. The average Bonchev–Trinajstić information content (AvgIpc) is 1.13. The van der Waals surface area contributed by atoms with E-state index in [9.17, 15) is 104 Å². The van der Waals surface area contributed by atoms with Gasteiger partial charge in [0.15, 0.2) is 93.1 Å². The lowest BCUT2D eigenvalue weighted by atomic mass is 9.76. The maximum Gasteiger partial charge on any atom is 0.336 e. The number of aromatic carboxylic acids is 1. The zero-order valence-electron chi connectivity index (χ0n) is 77.6. The van der Waals surface area contributed by atoms with Gasteiger partial charge in [0, 0.05) is 34.4 Å². The number of carbonyl (C=O) groups excluding carboxylic acids is 4. The lowest BCUT2D eigenvalue weighted by Crippen LogP contribution is -2.67. The Bertz CT molecular complexity index is 5740. The molecule has 138 heavy (non-hydrogen) atoms. The van der Waals surface area contributed by atoms with Crippen molar-refractivity contribution >= 4 is 143 Å². The van der Waals surface area contributed by atoms with Gasteiger partial charge >= 0.3 is 29.8 Å². The van der Waals surface area contributed by atoms with E-state index in [4.69, 9.17) is 34.5 Å². The van der Waals surface area contributed by atoms with Gasteiger partial charge in [-0.1, -0.05) is 172 Å². The van der Waals surface area contributed by atoms with Gasteiger partial charge in [-0.3, -0.25) is 24.0 Å². The Hall–Kier alpha value is -9.82. The minimum absolute atomic E-state index is 0. The molecule has 752 valence electrons. The fraction of sp³-hybridized carbons (Fsp3) is 0.330. The van der Waals surface area contributed by atoms with E-state index >= 15 is 0 Å². The molecule has 0 aliphatic heterocycles. The molecule has 2 saturated carbocycles. The highest BCUT2D eigenvalue weighted by Gasteiger charge is 2.53. The minimum Gasteiger partial charge on any atom is -0.481 e. The maximum absolute atomic E-state index is 13.7. The number of Topliss-reactive ketones (excluding diaryl/α,β-unsaturated/α-hetero) is 1. The third kappa shape index (κ3) is 33.2. The molecule has 10 aromatic carbocycles. The summed E-state index contributed by atoms with van der Waals surface area (Å²) >= 11 is 10.4. The van der Waals surface area contributed by atoms with Crippen LogP contribution in [0.5, 0.6) is 0 Å². The number of ether oxygens (including phenoxy) is 3. The molecule has 4 atom stereocenters. The molecule has 0 amide bonds. The molecule has 12 rings (SSSR count). The Morgan fingerprint density at radius 2 is 0.812 bits per heavy atom. The van der Waals surface area contributed by atoms with Crippen LogP contribution in [0.15, 0.2) is 158 Å². The number of hydrogen-bond acceptors (Lipinski definition) is 13. The fourth-order valence-electron chi connectivity index (χ4n) is 14.6. The molecule has 0 bridgehead atoms. The van der Waals surface area contributed by atoms with Gasteiger partial charge in [-0.05, 0) is 235 Å². The lowest BCUT2D eigenvalue weighted by Gasteiger charge is -2.45. The number of aliphatic hydroxyl groups excluding tert-OH is 2. The molecular weight excluding hydrogens is 2110 g/mol. The topological polar surface area (TPSA) is 244 Å². The van der Waals surface area contributed by atoms with Gasteiger partial charge in [-0.25, -0.2) is 75.0 Å². The molecule has 2 aliphatic rings. The van der Waals surface area contributed by atoms with Gasteiger partial charge in [0.2, 0.25) is 0 Å². The molecule has 0 saturated heterocycles. The van der Waals surface area contributed by atoms with Gasteiger partial charge in [-0.2, -0.15) is 45.7 Å². The SMILES string of the molecule is CC(C)(C)[Si](O[C@H](CBr)CCBr)(c1ccccc1)c1ccccc1.COC(=O)C1(c2ccc(F)c(F)c2C)CC[C@H](O)C1.COC(=O)Cc1ccc(F)c(F)c1C.COC(=O)[C@@]1(c2ccc(F)c(F)c2C)CCC(=O)C1.Cc1c(C(=O)O)ccc(F)c1F.Cc1c(CBr)ccc(F)c1F.Cc1c(CC#N)ccc(F)c1F.Cc1c(CC(=O)O)ccc(F)c1F.Cc1c(CO)ccc(F)c1F.S.S.S. The molecule has 38 heteroatoms. The Kier molecular flexibility index (Phi) is 54.0. The zero-order chi connectivity index (χ0) is 102. The summed E-state index contributed by atoms with van der Waals surface area (Å²) in [6.45, 7) is 18.0. The van der Waals surface area contributed by atoms with Crippen LogP contribution in [0.4, 0.5) is 70.2 Å². The molecular formula is C100H108Br3F16NO14S3Si. The van der Waals surface area contributed by atoms with Crippen molar-refractivity contribution < 1.29 is 138 Å². The van der Waals surface area contributed by atoms with Crippen LogP contribution in [0.1, 0.15) is 160 Å².